The van der Waals surface area contributed by atoms with Gasteiger partial charge in [-0.25, -0.2) is 18.0 Å². The Balaban J connectivity index is 0.00000512. The summed E-state index contributed by atoms with van der Waals surface area (Å²) in [6.45, 7) is 10.2. The van der Waals surface area contributed by atoms with Crippen molar-refractivity contribution in [2.45, 2.75) is 62.5 Å². The first kappa shape index (κ1) is 27.4. The smallest absolute Gasteiger partial charge is 0.428 e. The fourth-order valence-electron chi connectivity index (χ4n) is 2.24. The maximum Gasteiger partial charge on any atom is 0.514 e. The van der Waals surface area contributed by atoms with Gasteiger partial charge in [-0.15, -0.1) is 0 Å². The number of hydrogen-bond donors (Lipinski definition) is 0. The van der Waals surface area contributed by atoms with E-state index in [4.69, 9.17) is 18.9 Å². The number of carbonyl (C=O) groups excluding carboxylic acids is 2. The lowest BCUT2D eigenvalue weighted by Gasteiger charge is -2.18. The van der Waals surface area contributed by atoms with E-state index in [0.29, 0.717) is 0 Å². The fraction of sp³-hybridized carbons (Fsp3) is 0.364. The van der Waals surface area contributed by atoms with Gasteiger partial charge in [0.2, 0.25) is 9.84 Å². The Bertz CT molecular complexity index is 958. The van der Waals surface area contributed by atoms with Crippen molar-refractivity contribution in [2.24, 2.45) is 0 Å². The average Bonchev–Trinajstić information content (AvgIpc) is 2.59. The molecule has 0 spiro atoms. The third-order valence-corrected chi connectivity index (χ3v) is 5.24. The summed E-state index contributed by atoms with van der Waals surface area (Å²) in [6, 6.07) is 10.7. The minimum Gasteiger partial charge on any atom is -0.428 e. The molecule has 0 bridgehead atoms. The minimum atomic E-state index is -3.83. The highest BCUT2D eigenvalue weighted by Crippen LogP contribution is 2.25. The molecule has 0 amide bonds. The standard InChI is InChI=1S/C22H26O8S.H3P.H2/c1-21(2,3)29-19(23)27-15-7-11-17(12-8-15)31(25,26)18-13-9-16(10-14-18)28-20(24)30-22(4,5)6;;/h7-14H,1-6H3;1H3;1H. The topological polar surface area (TPSA) is 105 Å². The number of hydrogen-bond acceptors (Lipinski definition) is 8. The van der Waals surface area contributed by atoms with Gasteiger partial charge in [0, 0.05) is 1.43 Å². The molecule has 2 aromatic carbocycles. The molecule has 2 aromatic rings. The van der Waals surface area contributed by atoms with E-state index in [1.807, 2.05) is 0 Å². The van der Waals surface area contributed by atoms with E-state index < -0.39 is 33.4 Å². The van der Waals surface area contributed by atoms with Crippen LogP contribution in [0.15, 0.2) is 58.3 Å². The van der Waals surface area contributed by atoms with Crippen LogP contribution in [-0.2, 0) is 19.3 Å². The number of rotatable bonds is 4. The number of sulfone groups is 1. The van der Waals surface area contributed by atoms with Gasteiger partial charge in [0.05, 0.1) is 9.79 Å². The molecule has 0 aliphatic rings. The minimum absolute atomic E-state index is 0. The van der Waals surface area contributed by atoms with E-state index in [1.165, 1.54) is 48.5 Å². The van der Waals surface area contributed by atoms with E-state index >= 15 is 0 Å². The number of benzene rings is 2. The Morgan fingerprint density at radius 1 is 0.656 bits per heavy atom. The molecule has 0 N–H and O–H groups in total. The monoisotopic (exact) mass is 486 g/mol. The summed E-state index contributed by atoms with van der Waals surface area (Å²) >= 11 is 0. The molecule has 0 saturated carbocycles. The summed E-state index contributed by atoms with van der Waals surface area (Å²) < 4.78 is 45.8. The first-order valence-electron chi connectivity index (χ1n) is 9.43. The number of ether oxygens (including phenoxy) is 4. The Kier molecular flexibility index (Phi) is 8.83. The molecule has 0 fully saturated rings. The van der Waals surface area contributed by atoms with E-state index in [1.54, 1.807) is 41.5 Å². The van der Waals surface area contributed by atoms with Gasteiger partial charge < -0.3 is 18.9 Å². The van der Waals surface area contributed by atoms with E-state index in [0.717, 1.165) is 0 Å². The van der Waals surface area contributed by atoms with E-state index in [2.05, 4.69) is 0 Å². The van der Waals surface area contributed by atoms with Crippen LogP contribution in [0.4, 0.5) is 9.59 Å². The fourth-order valence-corrected chi connectivity index (χ4v) is 3.50. The second kappa shape index (κ2) is 10.3. The Morgan fingerprint density at radius 3 is 1.19 bits per heavy atom. The normalized spacial score (nSPS) is 11.7. The van der Waals surface area contributed by atoms with Crippen LogP contribution < -0.4 is 9.47 Å². The molecule has 0 saturated heterocycles. The zero-order chi connectivity index (χ0) is 23.4. The van der Waals surface area contributed by atoms with Gasteiger partial charge in [-0.1, -0.05) is 0 Å². The molecule has 10 heteroatoms. The van der Waals surface area contributed by atoms with Crippen LogP contribution in [0.2, 0.25) is 0 Å². The Hall–Kier alpha value is -2.64. The molecule has 32 heavy (non-hydrogen) atoms. The maximum atomic E-state index is 12.8. The zero-order valence-electron chi connectivity index (χ0n) is 19.0. The predicted molar refractivity (Wildman–Crippen MR) is 125 cm³/mol. The van der Waals surface area contributed by atoms with E-state index in [9.17, 15) is 18.0 Å². The highest BCUT2D eigenvalue weighted by Gasteiger charge is 2.21. The van der Waals surface area contributed by atoms with Gasteiger partial charge in [0.15, 0.2) is 0 Å². The second-order valence-electron chi connectivity index (χ2n) is 8.58. The molecule has 8 nitrogen and oxygen atoms in total. The molecule has 0 radical (unpaired) electrons. The zero-order valence-corrected chi connectivity index (χ0v) is 21.2. The Morgan fingerprint density at radius 2 is 0.938 bits per heavy atom. The summed E-state index contributed by atoms with van der Waals surface area (Å²) in [5, 5.41) is 0. The van der Waals surface area contributed by atoms with Crippen molar-refractivity contribution in [2.75, 3.05) is 0 Å². The molecular formula is C22H31O8PS. The third kappa shape index (κ3) is 8.48. The van der Waals surface area contributed by atoms with Gasteiger partial charge >= 0.3 is 12.3 Å². The van der Waals surface area contributed by atoms with Crippen LogP contribution in [0.25, 0.3) is 0 Å². The van der Waals surface area contributed by atoms with Gasteiger partial charge in [-0.3, -0.25) is 0 Å². The van der Waals surface area contributed by atoms with Crippen LogP contribution >= 0.6 is 9.90 Å². The first-order valence-corrected chi connectivity index (χ1v) is 10.9. The van der Waals surface area contributed by atoms with Gasteiger partial charge in [0.1, 0.15) is 22.7 Å². The van der Waals surface area contributed by atoms with Crippen molar-refractivity contribution in [3.8, 4) is 11.5 Å². The van der Waals surface area contributed by atoms with Crippen molar-refractivity contribution in [3.05, 3.63) is 48.5 Å². The maximum absolute atomic E-state index is 12.8. The highest BCUT2D eigenvalue weighted by atomic mass is 32.2. The number of carbonyl (C=O) groups is 2. The predicted octanol–water partition coefficient (Wildman–Crippen LogP) is 5.45. The molecule has 0 aliphatic carbocycles. The molecule has 0 aromatic heterocycles. The van der Waals surface area contributed by atoms with Crippen LogP contribution in [0.3, 0.4) is 0 Å². The molecule has 1 unspecified atom stereocenters. The summed E-state index contributed by atoms with van der Waals surface area (Å²) in [5.74, 6) is 0.295. The van der Waals surface area contributed by atoms with Gasteiger partial charge in [0.25, 0.3) is 0 Å². The van der Waals surface area contributed by atoms with E-state index in [-0.39, 0.29) is 32.6 Å². The molecule has 178 valence electrons. The van der Waals surface area contributed by atoms with Crippen molar-refractivity contribution < 1.29 is 38.4 Å². The lowest BCUT2D eigenvalue weighted by molar-refractivity contribution is 0.0193. The van der Waals surface area contributed by atoms with Crippen molar-refractivity contribution in [1.82, 2.24) is 0 Å². The molecule has 0 heterocycles. The summed E-state index contributed by atoms with van der Waals surface area (Å²) in [5.41, 5.74) is -1.42. The molecule has 0 aliphatic heterocycles. The third-order valence-electron chi connectivity index (χ3n) is 3.45. The van der Waals surface area contributed by atoms with Gasteiger partial charge in [-0.2, -0.15) is 9.90 Å². The quantitative estimate of drug-likeness (QED) is 0.319. The van der Waals surface area contributed by atoms with Crippen LogP contribution in [0.1, 0.15) is 43.0 Å². The largest absolute Gasteiger partial charge is 0.514 e. The van der Waals surface area contributed by atoms with Crippen molar-refractivity contribution in [3.63, 3.8) is 0 Å². The van der Waals surface area contributed by atoms with Crippen molar-refractivity contribution >= 4 is 32.0 Å². The van der Waals surface area contributed by atoms with Crippen molar-refractivity contribution in [1.29, 1.82) is 0 Å². The van der Waals surface area contributed by atoms with Crippen LogP contribution in [-0.4, -0.2) is 31.9 Å². The summed E-state index contributed by atoms with van der Waals surface area (Å²) in [4.78, 5) is 23.4. The molecule has 2 rings (SSSR count). The molecule has 1 atom stereocenters. The second-order valence-corrected chi connectivity index (χ2v) is 10.5. The molecular weight excluding hydrogens is 455 g/mol. The SMILES string of the molecule is CC(C)(C)OC(=O)Oc1ccc(S(=O)(=O)c2ccc(OC(=O)OC(C)(C)C)cc2)cc1.P.[HH]. The van der Waals surface area contributed by atoms with Crippen LogP contribution in [0, 0.1) is 0 Å². The lowest BCUT2D eigenvalue weighted by Crippen LogP contribution is -2.25. The van der Waals surface area contributed by atoms with Gasteiger partial charge in [-0.05, 0) is 90.1 Å². The average molecular weight is 487 g/mol. The summed E-state index contributed by atoms with van der Waals surface area (Å²) in [7, 11) is -3.83. The first-order chi connectivity index (χ1) is 14.2. The Labute approximate surface area is 193 Å². The van der Waals surface area contributed by atoms with Crippen LogP contribution in [0.5, 0.6) is 11.5 Å². The highest BCUT2D eigenvalue weighted by molar-refractivity contribution is 7.91. The summed E-state index contributed by atoms with van der Waals surface area (Å²) in [6.07, 6.45) is -1.77. The lowest BCUT2D eigenvalue weighted by atomic mass is 10.2.